The third kappa shape index (κ3) is 3.05. The normalized spacial score (nSPS) is 15.7. The van der Waals surface area contributed by atoms with Crippen LogP contribution in [-0.4, -0.2) is 29.1 Å². The molecule has 1 aromatic carbocycles. The number of nitrogens with zero attached hydrogens (tertiary/aromatic N) is 1. The van der Waals surface area contributed by atoms with Gasteiger partial charge in [-0.05, 0) is 33.4 Å². The summed E-state index contributed by atoms with van der Waals surface area (Å²) in [6.07, 6.45) is -0.418. The molecule has 0 aromatic heterocycles. The van der Waals surface area contributed by atoms with Gasteiger partial charge in [0.15, 0.2) is 0 Å². The van der Waals surface area contributed by atoms with E-state index in [4.69, 9.17) is 0 Å². The Morgan fingerprint density at radius 2 is 1.60 bits per heavy atom. The maximum absolute atomic E-state index is 10.2. The number of hydrogen-bond donors (Lipinski definition) is 1. The molecule has 0 amide bonds. The van der Waals surface area contributed by atoms with E-state index in [0.29, 0.717) is 6.04 Å². The molecular formula is C13H21NO. The highest BCUT2D eigenvalue weighted by molar-refractivity contribution is 5.18. The molecule has 0 saturated carbocycles. The molecule has 0 heterocycles. The lowest BCUT2D eigenvalue weighted by molar-refractivity contribution is 0.0571. The molecular weight excluding hydrogens is 186 g/mol. The van der Waals surface area contributed by atoms with Gasteiger partial charge in [0.2, 0.25) is 0 Å². The van der Waals surface area contributed by atoms with Crippen LogP contribution < -0.4 is 0 Å². The largest absolute Gasteiger partial charge is 0.387 e. The van der Waals surface area contributed by atoms with E-state index in [2.05, 4.69) is 25.7 Å². The van der Waals surface area contributed by atoms with Crippen molar-refractivity contribution in [3.63, 3.8) is 0 Å². The van der Waals surface area contributed by atoms with Crippen LogP contribution in [0, 0.1) is 0 Å². The fourth-order valence-electron chi connectivity index (χ4n) is 1.62. The van der Waals surface area contributed by atoms with Crippen molar-refractivity contribution in [1.82, 2.24) is 4.90 Å². The second-order valence-electron chi connectivity index (χ2n) is 4.36. The predicted octanol–water partition coefficient (Wildman–Crippen LogP) is 2.45. The average molecular weight is 207 g/mol. The highest BCUT2D eigenvalue weighted by atomic mass is 16.3. The third-order valence-corrected chi connectivity index (χ3v) is 3.05. The minimum atomic E-state index is -0.418. The van der Waals surface area contributed by atoms with Crippen molar-refractivity contribution in [2.45, 2.75) is 39.0 Å². The first-order valence-corrected chi connectivity index (χ1v) is 5.49. The van der Waals surface area contributed by atoms with Gasteiger partial charge in [-0.1, -0.05) is 30.3 Å². The molecule has 1 unspecified atom stereocenters. The Balaban J connectivity index is 2.73. The maximum atomic E-state index is 10.2. The third-order valence-electron chi connectivity index (χ3n) is 3.05. The van der Waals surface area contributed by atoms with Gasteiger partial charge < -0.3 is 5.11 Å². The van der Waals surface area contributed by atoms with Crippen molar-refractivity contribution >= 4 is 0 Å². The van der Waals surface area contributed by atoms with Crippen molar-refractivity contribution in [3.05, 3.63) is 35.9 Å². The van der Waals surface area contributed by atoms with Crippen LogP contribution in [0.5, 0.6) is 0 Å². The van der Waals surface area contributed by atoms with Crippen molar-refractivity contribution in [3.8, 4) is 0 Å². The zero-order valence-corrected chi connectivity index (χ0v) is 10.0. The number of likely N-dealkylation sites (N-methyl/N-ethyl adjacent to an activating group) is 1. The summed E-state index contributed by atoms with van der Waals surface area (Å²) < 4.78 is 0. The topological polar surface area (TPSA) is 23.5 Å². The summed E-state index contributed by atoms with van der Waals surface area (Å²) in [6, 6.07) is 10.4. The highest BCUT2D eigenvalue weighted by Crippen LogP contribution is 2.20. The molecule has 0 aliphatic heterocycles. The second kappa shape index (κ2) is 5.29. The first-order valence-electron chi connectivity index (χ1n) is 5.49. The van der Waals surface area contributed by atoms with Crippen molar-refractivity contribution in [1.29, 1.82) is 0 Å². The van der Waals surface area contributed by atoms with E-state index in [0.717, 1.165) is 5.56 Å². The fourth-order valence-corrected chi connectivity index (χ4v) is 1.62. The summed E-state index contributed by atoms with van der Waals surface area (Å²) in [5.41, 5.74) is 0.984. The van der Waals surface area contributed by atoms with Crippen molar-refractivity contribution < 1.29 is 5.11 Å². The van der Waals surface area contributed by atoms with E-state index >= 15 is 0 Å². The molecule has 1 aromatic rings. The lowest BCUT2D eigenvalue weighted by atomic mass is 10.0. The molecule has 1 N–H and O–H groups in total. The fraction of sp³-hybridized carbons (Fsp3) is 0.538. The number of benzene rings is 1. The Hall–Kier alpha value is -0.860. The van der Waals surface area contributed by atoms with Crippen molar-refractivity contribution in [2.24, 2.45) is 0 Å². The van der Waals surface area contributed by atoms with Crippen LogP contribution in [0.15, 0.2) is 30.3 Å². The smallest absolute Gasteiger partial charge is 0.0942 e. The molecule has 1 rings (SSSR count). The summed E-state index contributed by atoms with van der Waals surface area (Å²) in [7, 11) is 2.04. The van der Waals surface area contributed by atoms with E-state index in [1.807, 2.05) is 37.4 Å². The van der Waals surface area contributed by atoms with Gasteiger partial charge >= 0.3 is 0 Å². The highest BCUT2D eigenvalue weighted by Gasteiger charge is 2.21. The number of aliphatic hydroxyl groups excluding tert-OH is 1. The molecule has 2 nitrogen and oxygen atoms in total. The lowest BCUT2D eigenvalue weighted by Gasteiger charge is -2.32. The van der Waals surface area contributed by atoms with Gasteiger partial charge in [0.05, 0.1) is 6.10 Å². The summed E-state index contributed by atoms with van der Waals surface area (Å²) in [5, 5.41) is 10.2. The van der Waals surface area contributed by atoms with Crippen LogP contribution in [0.4, 0.5) is 0 Å². The van der Waals surface area contributed by atoms with Crippen LogP contribution in [-0.2, 0) is 0 Å². The molecule has 0 saturated heterocycles. The van der Waals surface area contributed by atoms with E-state index in [1.165, 1.54) is 0 Å². The summed E-state index contributed by atoms with van der Waals surface area (Å²) in [4.78, 5) is 2.18. The molecule has 0 bridgehead atoms. The number of rotatable bonds is 4. The van der Waals surface area contributed by atoms with Gasteiger partial charge in [0.25, 0.3) is 0 Å². The molecule has 84 valence electrons. The van der Waals surface area contributed by atoms with Crippen molar-refractivity contribution in [2.75, 3.05) is 7.05 Å². The quantitative estimate of drug-likeness (QED) is 0.819. The Morgan fingerprint density at radius 3 is 2.07 bits per heavy atom. The molecule has 2 heteroatoms. The summed E-state index contributed by atoms with van der Waals surface area (Å²) in [6.45, 7) is 6.32. The monoisotopic (exact) mass is 207 g/mol. The average Bonchev–Trinajstić information content (AvgIpc) is 2.27. The van der Waals surface area contributed by atoms with Crippen LogP contribution in [0.3, 0.4) is 0 Å². The molecule has 0 aliphatic carbocycles. The molecule has 0 aliphatic rings. The first kappa shape index (κ1) is 12.2. The summed E-state index contributed by atoms with van der Waals surface area (Å²) >= 11 is 0. The van der Waals surface area contributed by atoms with Crippen LogP contribution >= 0.6 is 0 Å². The minimum absolute atomic E-state index is 0.132. The Kier molecular flexibility index (Phi) is 4.30. The standard InChI is InChI=1S/C13H21NO/c1-10(2)14(4)11(3)13(15)12-8-6-5-7-9-12/h5-11,13,15H,1-4H3/t11?,13-/m1/s1. The minimum Gasteiger partial charge on any atom is -0.387 e. The molecule has 0 spiro atoms. The van der Waals surface area contributed by atoms with E-state index < -0.39 is 6.10 Å². The second-order valence-corrected chi connectivity index (χ2v) is 4.36. The van der Waals surface area contributed by atoms with E-state index in [9.17, 15) is 5.11 Å². The zero-order chi connectivity index (χ0) is 11.4. The maximum Gasteiger partial charge on any atom is 0.0942 e. The Morgan fingerprint density at radius 1 is 1.07 bits per heavy atom. The number of aliphatic hydroxyl groups is 1. The van der Waals surface area contributed by atoms with Gasteiger partial charge in [0.1, 0.15) is 0 Å². The van der Waals surface area contributed by atoms with Crippen LogP contribution in [0.25, 0.3) is 0 Å². The van der Waals surface area contributed by atoms with Crippen LogP contribution in [0.1, 0.15) is 32.4 Å². The van der Waals surface area contributed by atoms with Gasteiger partial charge in [0, 0.05) is 12.1 Å². The van der Waals surface area contributed by atoms with Gasteiger partial charge in [-0.25, -0.2) is 0 Å². The first-order chi connectivity index (χ1) is 7.04. The van der Waals surface area contributed by atoms with Crippen LogP contribution in [0.2, 0.25) is 0 Å². The van der Waals surface area contributed by atoms with E-state index in [1.54, 1.807) is 0 Å². The molecule has 0 fully saturated rings. The molecule has 2 atom stereocenters. The van der Waals surface area contributed by atoms with Gasteiger partial charge in [-0.2, -0.15) is 0 Å². The molecule has 0 radical (unpaired) electrons. The Bertz CT molecular complexity index is 284. The van der Waals surface area contributed by atoms with Gasteiger partial charge in [-0.15, -0.1) is 0 Å². The van der Waals surface area contributed by atoms with E-state index in [-0.39, 0.29) is 6.04 Å². The predicted molar refractivity (Wildman–Crippen MR) is 63.8 cm³/mol. The SMILES string of the molecule is CC(C)N(C)C(C)[C@@H](O)c1ccccc1. The number of hydrogen-bond acceptors (Lipinski definition) is 2. The Labute approximate surface area is 92.5 Å². The van der Waals surface area contributed by atoms with Gasteiger partial charge in [-0.3, -0.25) is 4.90 Å². The molecule has 15 heavy (non-hydrogen) atoms. The zero-order valence-electron chi connectivity index (χ0n) is 10.0. The summed E-state index contributed by atoms with van der Waals surface area (Å²) in [5.74, 6) is 0. The lowest BCUT2D eigenvalue weighted by Crippen LogP contribution is -2.39.